The van der Waals surface area contributed by atoms with Gasteiger partial charge in [0.2, 0.25) is 0 Å². The molecule has 0 aliphatic heterocycles. The van der Waals surface area contributed by atoms with Crippen LogP contribution in [-0.2, 0) is 0 Å². The quantitative estimate of drug-likeness (QED) is 0.525. The molecule has 0 spiro atoms. The van der Waals surface area contributed by atoms with Crippen molar-refractivity contribution >= 4 is 23.2 Å². The van der Waals surface area contributed by atoms with E-state index in [9.17, 15) is 13.2 Å². The van der Waals surface area contributed by atoms with Gasteiger partial charge in [0.1, 0.15) is 0 Å². The van der Waals surface area contributed by atoms with Crippen LogP contribution >= 0.6 is 23.2 Å². The largest absolute Gasteiger partial charge is 0.320 e. The predicted octanol–water partition coefficient (Wildman–Crippen LogP) is 2.56. The first kappa shape index (κ1) is 8.37. The second-order valence-corrected chi connectivity index (χ2v) is 2.44. The fourth-order valence-corrected chi connectivity index (χ4v) is 0. The molecule has 49 valence electrons. The van der Waals surface area contributed by atoms with Crippen molar-refractivity contribution in [3.63, 3.8) is 0 Å². The first-order chi connectivity index (χ1) is 3.25. The zero-order valence-electron chi connectivity index (χ0n) is 3.60. The average Bonchev–Trinajstić information content (AvgIpc) is 1.25. The van der Waals surface area contributed by atoms with Gasteiger partial charge in [0, 0.05) is 6.92 Å². The molecule has 0 saturated heterocycles. The van der Waals surface area contributed by atoms with E-state index in [0.29, 0.717) is 0 Å². The van der Waals surface area contributed by atoms with Crippen LogP contribution in [0.2, 0.25) is 0 Å². The number of hydrogen-bond acceptors (Lipinski definition) is 0. The first-order valence-electron chi connectivity index (χ1n) is 1.55. The number of hydrogen-bond donors (Lipinski definition) is 0. The van der Waals surface area contributed by atoms with Crippen LogP contribution in [0, 0.1) is 6.92 Å². The number of rotatable bonds is 1. The maximum absolute atomic E-state index is 11.6. The van der Waals surface area contributed by atoms with Gasteiger partial charge < -0.3 is 0 Å². The Morgan fingerprint density at radius 2 is 1.25 bits per heavy atom. The van der Waals surface area contributed by atoms with Crippen LogP contribution in [0.1, 0.15) is 0 Å². The zero-order valence-corrected chi connectivity index (χ0v) is 5.11. The van der Waals surface area contributed by atoms with Crippen molar-refractivity contribution in [1.29, 1.82) is 0 Å². The highest BCUT2D eigenvalue weighted by molar-refractivity contribution is 6.47. The molecule has 0 aromatic carbocycles. The lowest BCUT2D eigenvalue weighted by Crippen LogP contribution is -2.30. The molecule has 8 heavy (non-hydrogen) atoms. The van der Waals surface area contributed by atoms with Gasteiger partial charge in [-0.05, 0) is 0 Å². The van der Waals surface area contributed by atoms with E-state index < -0.39 is 10.5 Å². The summed E-state index contributed by atoms with van der Waals surface area (Å²) >= 11 is 8.59. The molecular formula is C3H2Cl2F3. The van der Waals surface area contributed by atoms with Crippen molar-refractivity contribution in [1.82, 2.24) is 0 Å². The summed E-state index contributed by atoms with van der Waals surface area (Å²) in [7, 11) is 0. The number of halogens is 5. The van der Waals surface area contributed by atoms with E-state index >= 15 is 0 Å². The Morgan fingerprint density at radius 3 is 1.25 bits per heavy atom. The third kappa shape index (κ3) is 2.09. The van der Waals surface area contributed by atoms with E-state index in [1.807, 2.05) is 0 Å². The van der Waals surface area contributed by atoms with E-state index in [-0.39, 0.29) is 0 Å². The van der Waals surface area contributed by atoms with Gasteiger partial charge in [0.15, 0.2) is 0 Å². The average molecular weight is 166 g/mol. The van der Waals surface area contributed by atoms with Crippen LogP contribution in [0.4, 0.5) is 13.2 Å². The Bertz CT molecular complexity index is 67.5. The summed E-state index contributed by atoms with van der Waals surface area (Å²) in [6.07, 6.45) is 0. The summed E-state index contributed by atoms with van der Waals surface area (Å²) in [5, 5.41) is 0. The van der Waals surface area contributed by atoms with Crippen molar-refractivity contribution in [2.75, 3.05) is 0 Å². The molecule has 0 rings (SSSR count). The van der Waals surface area contributed by atoms with Crippen LogP contribution in [0.3, 0.4) is 0 Å². The summed E-state index contributed by atoms with van der Waals surface area (Å²) in [4.78, 5) is 0. The second kappa shape index (κ2) is 1.95. The topological polar surface area (TPSA) is 0 Å². The molecule has 0 atom stereocenters. The summed E-state index contributed by atoms with van der Waals surface area (Å²) in [6.45, 7) is 2.07. The molecule has 0 unspecified atom stereocenters. The Hall–Kier alpha value is 0.370. The van der Waals surface area contributed by atoms with Crippen LogP contribution in [-0.4, -0.2) is 10.5 Å². The minimum absolute atomic E-state index is 2.07. The van der Waals surface area contributed by atoms with Gasteiger partial charge in [-0.3, -0.25) is 0 Å². The highest BCUT2D eigenvalue weighted by atomic mass is 35.5. The van der Waals surface area contributed by atoms with Crippen molar-refractivity contribution in [3.05, 3.63) is 6.92 Å². The summed E-state index contributed by atoms with van der Waals surface area (Å²) in [5.41, 5.74) is 0. The summed E-state index contributed by atoms with van der Waals surface area (Å²) < 4.78 is 31.0. The fourth-order valence-electron chi connectivity index (χ4n) is 0. The molecule has 0 aliphatic rings. The van der Waals surface area contributed by atoms with Gasteiger partial charge in [-0.1, -0.05) is 23.2 Å². The minimum Gasteiger partial charge on any atom is -0.201 e. The summed E-state index contributed by atoms with van der Waals surface area (Å²) in [6, 6.07) is 0. The lowest BCUT2D eigenvalue weighted by molar-refractivity contribution is -0.0145. The highest BCUT2D eigenvalue weighted by Crippen LogP contribution is 2.38. The normalized spacial score (nSPS) is 14.2. The molecule has 1 radical (unpaired) electrons. The Morgan fingerprint density at radius 1 is 1.12 bits per heavy atom. The molecular weight excluding hydrogens is 164 g/mol. The predicted molar refractivity (Wildman–Crippen MR) is 25.8 cm³/mol. The Kier molecular flexibility index (Phi) is 2.04. The van der Waals surface area contributed by atoms with Gasteiger partial charge in [-0.2, -0.15) is 0 Å². The van der Waals surface area contributed by atoms with Crippen molar-refractivity contribution in [2.24, 2.45) is 0 Å². The minimum atomic E-state index is -3.95. The van der Waals surface area contributed by atoms with Crippen molar-refractivity contribution in [2.45, 2.75) is 10.5 Å². The highest BCUT2D eigenvalue weighted by Gasteiger charge is 2.48. The maximum atomic E-state index is 11.6. The van der Waals surface area contributed by atoms with Crippen LogP contribution in [0.15, 0.2) is 0 Å². The van der Waals surface area contributed by atoms with Crippen LogP contribution < -0.4 is 0 Å². The molecule has 0 heterocycles. The van der Waals surface area contributed by atoms with Crippen molar-refractivity contribution < 1.29 is 13.2 Å². The molecule has 0 aliphatic carbocycles. The third-order valence-corrected chi connectivity index (χ3v) is 0.968. The zero-order chi connectivity index (χ0) is 7.00. The monoisotopic (exact) mass is 165 g/mol. The van der Waals surface area contributed by atoms with E-state index in [1.54, 1.807) is 0 Å². The van der Waals surface area contributed by atoms with E-state index in [1.165, 1.54) is 0 Å². The van der Waals surface area contributed by atoms with Crippen LogP contribution in [0.25, 0.3) is 0 Å². The molecule has 5 heteroatoms. The molecule has 0 bridgehead atoms. The molecule has 0 nitrogen and oxygen atoms in total. The fraction of sp³-hybridized carbons (Fsp3) is 0.667. The molecule has 0 aromatic heterocycles. The molecule has 0 amide bonds. The molecule has 0 aromatic rings. The van der Waals surface area contributed by atoms with E-state index in [0.717, 1.165) is 0 Å². The van der Waals surface area contributed by atoms with Gasteiger partial charge in [-0.25, -0.2) is 13.2 Å². The van der Waals surface area contributed by atoms with Crippen molar-refractivity contribution in [3.8, 4) is 0 Å². The van der Waals surface area contributed by atoms with Gasteiger partial charge in [-0.15, -0.1) is 0 Å². The summed E-state index contributed by atoms with van der Waals surface area (Å²) in [5.74, 6) is -3.95. The first-order valence-corrected chi connectivity index (χ1v) is 2.30. The smallest absolute Gasteiger partial charge is 0.201 e. The Balaban J connectivity index is 4.02. The standard InChI is InChI=1S/C3H2Cl2F3/c1-2(6,7)3(4,5)8/h1H2. The van der Waals surface area contributed by atoms with Crippen LogP contribution in [0.5, 0.6) is 0 Å². The Labute approximate surface area is 54.6 Å². The van der Waals surface area contributed by atoms with E-state index in [2.05, 4.69) is 30.1 Å². The second-order valence-electron chi connectivity index (χ2n) is 1.20. The lowest BCUT2D eigenvalue weighted by atomic mass is 10.4. The van der Waals surface area contributed by atoms with Gasteiger partial charge in [0.25, 0.3) is 0 Å². The lowest BCUT2D eigenvalue weighted by Gasteiger charge is -2.16. The molecule has 0 fully saturated rings. The van der Waals surface area contributed by atoms with E-state index in [4.69, 9.17) is 0 Å². The van der Waals surface area contributed by atoms with Gasteiger partial charge in [0.05, 0.1) is 0 Å². The van der Waals surface area contributed by atoms with Gasteiger partial charge >= 0.3 is 10.5 Å². The maximum Gasteiger partial charge on any atom is 0.320 e. The molecule has 0 N–H and O–H groups in total. The number of alkyl halides is 5. The third-order valence-electron chi connectivity index (χ3n) is 0.415. The SMILES string of the molecule is [CH2]C(F)(F)C(F)(Cl)Cl. The molecule has 0 saturated carbocycles.